The molecule has 4 rings (SSSR count). The number of fused-ring (bicyclic) bond motifs is 1. The third-order valence-electron chi connectivity index (χ3n) is 5.18. The number of ether oxygens (including phenoxy) is 1. The van der Waals surface area contributed by atoms with Crippen LogP contribution < -0.4 is 15.0 Å². The van der Waals surface area contributed by atoms with Crippen LogP contribution >= 0.6 is 11.3 Å². The monoisotopic (exact) mass is 396 g/mol. The summed E-state index contributed by atoms with van der Waals surface area (Å²) in [4.78, 5) is 18.8. The summed E-state index contributed by atoms with van der Waals surface area (Å²) in [5.74, 6) is 0.866. The molecule has 0 radical (unpaired) electrons. The molecule has 5 nitrogen and oxygen atoms in total. The van der Waals surface area contributed by atoms with Crippen LogP contribution in [0.1, 0.15) is 37.2 Å². The van der Waals surface area contributed by atoms with E-state index >= 15 is 0 Å². The highest BCUT2D eigenvalue weighted by Crippen LogP contribution is 2.28. The first-order valence-corrected chi connectivity index (χ1v) is 10.8. The lowest BCUT2D eigenvalue weighted by atomic mass is 10.0. The van der Waals surface area contributed by atoms with Gasteiger partial charge in [-0.05, 0) is 56.2 Å². The minimum absolute atomic E-state index is 0.0483. The molecule has 2 N–H and O–H groups in total. The summed E-state index contributed by atoms with van der Waals surface area (Å²) in [5.41, 5.74) is 1.87. The van der Waals surface area contributed by atoms with Crippen LogP contribution in [0, 0.1) is 0 Å². The van der Waals surface area contributed by atoms with E-state index in [2.05, 4.69) is 23.5 Å². The van der Waals surface area contributed by atoms with E-state index in [1.807, 2.05) is 37.3 Å². The van der Waals surface area contributed by atoms with Crippen LogP contribution in [0.15, 0.2) is 48.5 Å². The Morgan fingerprint density at radius 1 is 1.21 bits per heavy atom. The summed E-state index contributed by atoms with van der Waals surface area (Å²) < 4.78 is 6.68. The molecule has 1 saturated heterocycles. The number of quaternary nitrogens is 1. The first-order chi connectivity index (χ1) is 13.7. The molecule has 3 aromatic rings. The highest BCUT2D eigenvalue weighted by molar-refractivity contribution is 7.18. The average Bonchev–Trinajstić information content (AvgIpc) is 3.14. The third-order valence-corrected chi connectivity index (χ3v) is 6.33. The molecule has 1 fully saturated rings. The van der Waals surface area contributed by atoms with E-state index in [0.29, 0.717) is 19.2 Å². The zero-order valence-electron chi connectivity index (χ0n) is 16.1. The van der Waals surface area contributed by atoms with Crippen LogP contribution in [0.2, 0.25) is 0 Å². The molecule has 0 aliphatic carbocycles. The lowest BCUT2D eigenvalue weighted by molar-refractivity contribution is -0.929. The zero-order valence-corrected chi connectivity index (χ0v) is 16.9. The molecule has 1 unspecified atom stereocenters. The maximum absolute atomic E-state index is 12.7. The molecule has 2 aromatic carbocycles. The van der Waals surface area contributed by atoms with Crippen molar-refractivity contribution in [3.63, 3.8) is 0 Å². The number of hydrogen-bond donors (Lipinski definition) is 2. The molecule has 1 aromatic heterocycles. The van der Waals surface area contributed by atoms with E-state index in [0.717, 1.165) is 41.3 Å². The Kier molecular flexibility index (Phi) is 5.88. The fraction of sp³-hybridized carbons (Fsp3) is 0.364. The third kappa shape index (κ3) is 4.34. The molecule has 2 atom stereocenters. The summed E-state index contributed by atoms with van der Waals surface area (Å²) in [6, 6.07) is 16.1. The molecule has 28 heavy (non-hydrogen) atoms. The van der Waals surface area contributed by atoms with Crippen molar-refractivity contribution < 1.29 is 14.4 Å². The first kappa shape index (κ1) is 18.9. The van der Waals surface area contributed by atoms with E-state index in [4.69, 9.17) is 9.72 Å². The minimum Gasteiger partial charge on any atom is -0.494 e. The van der Waals surface area contributed by atoms with Crippen LogP contribution in [0.3, 0.4) is 0 Å². The van der Waals surface area contributed by atoms with E-state index in [1.54, 1.807) is 11.3 Å². The standard InChI is InChI=1S/C22H25N3O2S/c1-2-27-17-12-10-16(11-13-17)23-21(26)15-25-14-6-5-8-19(25)22-24-18-7-3-4-9-20(18)28-22/h3-4,7,9-13,19H,2,5-6,8,14-15H2,1H3,(H,23,26)/p+1/t19-/m1/s1. The number of nitrogens with one attached hydrogen (secondary N) is 2. The van der Waals surface area contributed by atoms with Crippen LogP contribution in [0.25, 0.3) is 10.2 Å². The van der Waals surface area contributed by atoms with Gasteiger partial charge in [-0.1, -0.05) is 12.1 Å². The lowest BCUT2D eigenvalue weighted by Crippen LogP contribution is -3.14. The van der Waals surface area contributed by atoms with Gasteiger partial charge in [0.25, 0.3) is 5.91 Å². The number of likely N-dealkylation sites (tertiary alicyclic amines) is 1. The highest BCUT2D eigenvalue weighted by atomic mass is 32.1. The first-order valence-electron chi connectivity index (χ1n) is 9.95. The number of benzene rings is 2. The Balaban J connectivity index is 1.43. The van der Waals surface area contributed by atoms with E-state index in [1.165, 1.54) is 16.0 Å². The number of nitrogens with zero attached hydrogens (tertiary/aromatic N) is 1. The Hall–Kier alpha value is -2.44. The second kappa shape index (κ2) is 8.71. The normalized spacial score (nSPS) is 19.5. The number of carbonyl (C=O) groups excluding carboxylic acids is 1. The molecule has 146 valence electrons. The maximum Gasteiger partial charge on any atom is 0.279 e. The van der Waals surface area contributed by atoms with Crippen molar-refractivity contribution in [2.45, 2.75) is 32.2 Å². The van der Waals surface area contributed by atoms with Gasteiger partial charge in [-0.15, -0.1) is 11.3 Å². The smallest absolute Gasteiger partial charge is 0.279 e. The Bertz CT molecular complexity index is 905. The lowest BCUT2D eigenvalue weighted by Gasteiger charge is -2.30. The summed E-state index contributed by atoms with van der Waals surface area (Å²) in [6.45, 7) is 4.07. The predicted molar refractivity (Wildman–Crippen MR) is 113 cm³/mol. The number of rotatable bonds is 6. The van der Waals surface area contributed by atoms with Gasteiger partial charge in [0.2, 0.25) is 0 Å². The molecule has 6 heteroatoms. The molecular formula is C22H26N3O2S+. The quantitative estimate of drug-likeness (QED) is 0.671. The minimum atomic E-state index is 0.0483. The summed E-state index contributed by atoms with van der Waals surface area (Å²) in [5, 5.41) is 4.18. The van der Waals surface area contributed by atoms with Gasteiger partial charge in [-0.2, -0.15) is 0 Å². The summed E-state index contributed by atoms with van der Waals surface area (Å²) >= 11 is 1.77. The van der Waals surface area contributed by atoms with Crippen molar-refractivity contribution >= 4 is 33.1 Å². The topological polar surface area (TPSA) is 55.7 Å². The fourth-order valence-corrected chi connectivity index (χ4v) is 5.00. The van der Waals surface area contributed by atoms with E-state index in [9.17, 15) is 4.79 Å². The highest BCUT2D eigenvalue weighted by Gasteiger charge is 2.31. The van der Waals surface area contributed by atoms with Crippen LogP contribution in [-0.2, 0) is 4.79 Å². The molecular weight excluding hydrogens is 370 g/mol. The van der Waals surface area contributed by atoms with E-state index < -0.39 is 0 Å². The molecule has 0 bridgehead atoms. The summed E-state index contributed by atoms with van der Waals surface area (Å²) in [7, 11) is 0. The van der Waals surface area contributed by atoms with Gasteiger partial charge < -0.3 is 15.0 Å². The van der Waals surface area contributed by atoms with Gasteiger partial charge in [0.15, 0.2) is 11.6 Å². The number of carbonyl (C=O) groups is 1. The number of para-hydroxylation sites is 1. The molecule has 0 spiro atoms. The Morgan fingerprint density at radius 3 is 2.82 bits per heavy atom. The number of amides is 1. The molecule has 2 heterocycles. The number of anilines is 1. The zero-order chi connectivity index (χ0) is 19.3. The van der Waals surface area contributed by atoms with Gasteiger partial charge >= 0.3 is 0 Å². The molecule has 1 aliphatic rings. The Labute approximate surface area is 169 Å². The van der Waals surface area contributed by atoms with Gasteiger partial charge in [0, 0.05) is 12.1 Å². The maximum atomic E-state index is 12.7. The van der Waals surface area contributed by atoms with Crippen molar-refractivity contribution in [1.29, 1.82) is 0 Å². The Morgan fingerprint density at radius 2 is 2.04 bits per heavy atom. The second-order valence-electron chi connectivity index (χ2n) is 7.16. The van der Waals surface area contributed by atoms with Gasteiger partial charge in [0.05, 0.1) is 23.4 Å². The van der Waals surface area contributed by atoms with E-state index in [-0.39, 0.29) is 5.91 Å². The van der Waals surface area contributed by atoms with Crippen molar-refractivity contribution in [1.82, 2.24) is 4.98 Å². The van der Waals surface area contributed by atoms with Crippen molar-refractivity contribution in [3.8, 4) is 5.75 Å². The number of hydrogen-bond acceptors (Lipinski definition) is 4. The SMILES string of the molecule is CCOc1ccc(NC(=O)C[NH+]2CCCC[C@@H]2c2nc3ccccc3s2)cc1. The van der Waals surface area contributed by atoms with Crippen LogP contribution in [0.4, 0.5) is 5.69 Å². The number of aromatic nitrogens is 1. The number of piperidine rings is 1. The largest absolute Gasteiger partial charge is 0.494 e. The predicted octanol–water partition coefficient (Wildman–Crippen LogP) is 3.44. The van der Waals surface area contributed by atoms with Crippen LogP contribution in [-0.4, -0.2) is 30.6 Å². The van der Waals surface area contributed by atoms with Crippen molar-refractivity contribution in [2.75, 3.05) is 25.0 Å². The van der Waals surface area contributed by atoms with Gasteiger partial charge in [0.1, 0.15) is 11.8 Å². The van der Waals surface area contributed by atoms with Crippen molar-refractivity contribution in [2.24, 2.45) is 0 Å². The van der Waals surface area contributed by atoms with Gasteiger partial charge in [-0.3, -0.25) is 4.79 Å². The average molecular weight is 397 g/mol. The number of thiazole rings is 1. The second-order valence-corrected chi connectivity index (χ2v) is 8.22. The molecule has 1 amide bonds. The van der Waals surface area contributed by atoms with Crippen molar-refractivity contribution in [3.05, 3.63) is 53.5 Å². The van der Waals surface area contributed by atoms with Gasteiger partial charge in [-0.25, -0.2) is 4.98 Å². The fourth-order valence-electron chi connectivity index (χ4n) is 3.84. The summed E-state index contributed by atoms with van der Waals surface area (Å²) in [6.07, 6.45) is 3.45. The molecule has 1 aliphatic heterocycles. The van der Waals surface area contributed by atoms with Crippen LogP contribution in [0.5, 0.6) is 5.75 Å². The molecule has 0 saturated carbocycles.